The third-order valence-electron chi connectivity index (χ3n) is 5.00. The molecule has 0 fully saturated rings. The van der Waals surface area contributed by atoms with Crippen LogP contribution in [0.25, 0.3) is 0 Å². The van der Waals surface area contributed by atoms with Crippen LogP contribution in [0.1, 0.15) is 47.3 Å². The second-order valence-electron chi connectivity index (χ2n) is 7.40. The van der Waals surface area contributed by atoms with Crippen molar-refractivity contribution in [1.82, 2.24) is 10.6 Å². The van der Waals surface area contributed by atoms with Gasteiger partial charge in [-0.25, -0.2) is 8.78 Å². The molecule has 33 heavy (non-hydrogen) atoms. The lowest BCUT2D eigenvalue weighted by atomic mass is 9.98. The second kappa shape index (κ2) is 11.8. The molecule has 0 aliphatic carbocycles. The van der Waals surface area contributed by atoms with Crippen molar-refractivity contribution in [3.63, 3.8) is 0 Å². The zero-order valence-electron chi connectivity index (χ0n) is 18.3. The first-order chi connectivity index (χ1) is 16.0. The fraction of sp³-hybridized carbons (Fsp3) is 0.231. The van der Waals surface area contributed by atoms with Crippen molar-refractivity contribution in [2.24, 2.45) is 0 Å². The molecule has 0 aromatic heterocycles. The smallest absolute Gasteiger partial charge is 0.254 e. The van der Waals surface area contributed by atoms with Gasteiger partial charge >= 0.3 is 0 Å². The Bertz CT molecular complexity index is 1070. The molecule has 0 heterocycles. The third-order valence-corrected chi connectivity index (χ3v) is 5.00. The predicted molar refractivity (Wildman–Crippen MR) is 122 cm³/mol. The van der Waals surface area contributed by atoms with Gasteiger partial charge in [0, 0.05) is 19.0 Å². The summed E-state index contributed by atoms with van der Waals surface area (Å²) in [5.74, 6) is -1.75. The van der Waals surface area contributed by atoms with Crippen LogP contribution in [0.4, 0.5) is 8.78 Å². The van der Waals surface area contributed by atoms with Gasteiger partial charge in [-0.2, -0.15) is 0 Å². The van der Waals surface area contributed by atoms with Gasteiger partial charge in [-0.15, -0.1) is 0 Å². The first kappa shape index (κ1) is 23.9. The largest absolute Gasteiger partial charge is 0.494 e. The van der Waals surface area contributed by atoms with Crippen molar-refractivity contribution in [3.8, 4) is 5.75 Å². The Balaban J connectivity index is 1.56. The first-order valence-corrected chi connectivity index (χ1v) is 10.8. The molecule has 0 bridgehead atoms. The highest BCUT2D eigenvalue weighted by molar-refractivity contribution is 5.94. The van der Waals surface area contributed by atoms with E-state index < -0.39 is 17.5 Å². The molecule has 172 valence electrons. The Labute approximate surface area is 191 Å². The Kier molecular flexibility index (Phi) is 8.52. The van der Waals surface area contributed by atoms with E-state index in [-0.39, 0.29) is 30.5 Å². The standard InChI is InChI=1S/C26H26F2N2O3/c1-2-33-21-13-10-19(11-14-21)25(18-7-4-3-5-8-18)30-24(31)9-6-16-29-26(32)22-15-12-20(27)17-23(22)28/h3-5,7-8,10-15,17,25H,2,6,9,16H2,1H3,(H,29,32)(H,30,31). The van der Waals surface area contributed by atoms with Crippen LogP contribution < -0.4 is 15.4 Å². The van der Waals surface area contributed by atoms with Crippen LogP contribution in [0.15, 0.2) is 72.8 Å². The minimum absolute atomic E-state index is 0.173. The number of rotatable bonds is 10. The maximum atomic E-state index is 13.7. The predicted octanol–water partition coefficient (Wildman–Crippen LogP) is 4.78. The maximum Gasteiger partial charge on any atom is 0.254 e. The number of hydrogen-bond donors (Lipinski definition) is 2. The van der Waals surface area contributed by atoms with Gasteiger partial charge in [0.1, 0.15) is 17.4 Å². The van der Waals surface area contributed by atoms with Crippen LogP contribution in [-0.2, 0) is 4.79 Å². The zero-order valence-corrected chi connectivity index (χ0v) is 18.3. The summed E-state index contributed by atoms with van der Waals surface area (Å²) in [4.78, 5) is 24.7. The van der Waals surface area contributed by atoms with E-state index in [1.54, 1.807) is 0 Å². The van der Waals surface area contributed by atoms with E-state index in [2.05, 4.69) is 10.6 Å². The summed E-state index contributed by atoms with van der Waals surface area (Å²) < 4.78 is 32.2. The SMILES string of the molecule is CCOc1ccc(C(NC(=O)CCCNC(=O)c2ccc(F)cc2F)c2ccccc2)cc1. The van der Waals surface area contributed by atoms with Crippen LogP contribution in [0.3, 0.4) is 0 Å². The number of amides is 2. The summed E-state index contributed by atoms with van der Waals surface area (Å²) in [7, 11) is 0. The number of benzene rings is 3. The number of hydrogen-bond acceptors (Lipinski definition) is 3. The molecule has 1 unspecified atom stereocenters. The van der Waals surface area contributed by atoms with E-state index in [0.717, 1.165) is 29.0 Å². The maximum absolute atomic E-state index is 13.7. The lowest BCUT2D eigenvalue weighted by Gasteiger charge is -2.20. The molecule has 0 aliphatic rings. The summed E-state index contributed by atoms with van der Waals surface area (Å²) in [6.45, 7) is 2.67. The summed E-state index contributed by atoms with van der Waals surface area (Å²) in [5, 5.41) is 5.60. The van der Waals surface area contributed by atoms with Crippen molar-refractivity contribution in [2.45, 2.75) is 25.8 Å². The van der Waals surface area contributed by atoms with Gasteiger partial charge in [0.05, 0.1) is 18.2 Å². The molecule has 2 amide bonds. The first-order valence-electron chi connectivity index (χ1n) is 10.8. The topological polar surface area (TPSA) is 67.4 Å². The minimum Gasteiger partial charge on any atom is -0.494 e. The van der Waals surface area contributed by atoms with Gasteiger partial charge < -0.3 is 15.4 Å². The molecule has 3 aromatic carbocycles. The van der Waals surface area contributed by atoms with Crippen LogP contribution in [0.2, 0.25) is 0 Å². The van der Waals surface area contributed by atoms with Crippen molar-refractivity contribution in [3.05, 3.63) is 101 Å². The molecular formula is C26H26F2N2O3. The van der Waals surface area contributed by atoms with Gasteiger partial charge in [-0.3, -0.25) is 9.59 Å². The average molecular weight is 453 g/mol. The number of ether oxygens (including phenoxy) is 1. The molecule has 7 heteroatoms. The molecule has 0 saturated carbocycles. The lowest BCUT2D eigenvalue weighted by molar-refractivity contribution is -0.121. The number of nitrogens with one attached hydrogen (secondary N) is 2. The lowest BCUT2D eigenvalue weighted by Crippen LogP contribution is -2.31. The van der Waals surface area contributed by atoms with E-state index >= 15 is 0 Å². The molecule has 3 aromatic rings. The van der Waals surface area contributed by atoms with Gasteiger partial charge in [0.15, 0.2) is 0 Å². The Morgan fingerprint density at radius 2 is 1.64 bits per heavy atom. The van der Waals surface area contributed by atoms with E-state index in [1.165, 1.54) is 0 Å². The van der Waals surface area contributed by atoms with Crippen LogP contribution >= 0.6 is 0 Å². The highest BCUT2D eigenvalue weighted by atomic mass is 19.1. The normalized spacial score (nSPS) is 11.5. The zero-order chi connectivity index (χ0) is 23.6. The van der Waals surface area contributed by atoms with Crippen molar-refractivity contribution < 1.29 is 23.1 Å². The van der Waals surface area contributed by atoms with Gasteiger partial charge in [0.2, 0.25) is 5.91 Å². The van der Waals surface area contributed by atoms with Crippen LogP contribution in [0, 0.1) is 11.6 Å². The molecule has 0 spiro atoms. The van der Waals surface area contributed by atoms with Gasteiger partial charge in [-0.05, 0) is 48.7 Å². The molecule has 0 radical (unpaired) electrons. The van der Waals surface area contributed by atoms with Crippen molar-refractivity contribution in [1.29, 1.82) is 0 Å². The fourth-order valence-electron chi connectivity index (χ4n) is 3.38. The molecule has 2 N–H and O–H groups in total. The minimum atomic E-state index is -0.925. The Hall–Kier alpha value is -3.74. The fourth-order valence-corrected chi connectivity index (χ4v) is 3.38. The highest BCUT2D eigenvalue weighted by Gasteiger charge is 2.17. The summed E-state index contributed by atoms with van der Waals surface area (Å²) in [6.07, 6.45) is 0.539. The van der Waals surface area contributed by atoms with E-state index in [0.29, 0.717) is 19.1 Å². The molecule has 3 rings (SSSR count). The number of carbonyl (C=O) groups is 2. The summed E-state index contributed by atoms with van der Waals surface area (Å²) in [6, 6.07) is 19.6. The van der Waals surface area contributed by atoms with E-state index in [9.17, 15) is 18.4 Å². The molecule has 0 saturated heterocycles. The van der Waals surface area contributed by atoms with Crippen LogP contribution in [0.5, 0.6) is 5.75 Å². The monoisotopic (exact) mass is 452 g/mol. The quantitative estimate of drug-likeness (QED) is 0.435. The number of halogens is 2. The second-order valence-corrected chi connectivity index (χ2v) is 7.40. The molecule has 0 aliphatic heterocycles. The highest BCUT2D eigenvalue weighted by Crippen LogP contribution is 2.24. The van der Waals surface area contributed by atoms with E-state index in [4.69, 9.17) is 4.74 Å². The van der Waals surface area contributed by atoms with Crippen molar-refractivity contribution in [2.75, 3.05) is 13.2 Å². The summed E-state index contributed by atoms with van der Waals surface area (Å²) >= 11 is 0. The average Bonchev–Trinajstić information content (AvgIpc) is 2.81. The van der Waals surface area contributed by atoms with Crippen molar-refractivity contribution >= 4 is 11.8 Å². The molecular weight excluding hydrogens is 426 g/mol. The van der Waals surface area contributed by atoms with Gasteiger partial charge in [-0.1, -0.05) is 42.5 Å². The van der Waals surface area contributed by atoms with Crippen LogP contribution in [-0.4, -0.2) is 25.0 Å². The molecule has 5 nitrogen and oxygen atoms in total. The Morgan fingerprint density at radius 1 is 0.939 bits per heavy atom. The number of carbonyl (C=O) groups excluding carboxylic acids is 2. The molecule has 1 atom stereocenters. The Morgan fingerprint density at radius 3 is 2.30 bits per heavy atom. The third kappa shape index (κ3) is 6.87. The van der Waals surface area contributed by atoms with E-state index in [1.807, 2.05) is 61.5 Å². The van der Waals surface area contributed by atoms with Gasteiger partial charge in [0.25, 0.3) is 5.91 Å². The summed E-state index contributed by atoms with van der Waals surface area (Å²) in [5.41, 5.74) is 1.62.